The number of carbonyl (C=O) groups is 1. The summed E-state index contributed by atoms with van der Waals surface area (Å²) in [5.74, 6) is 1.19. The molecule has 0 aromatic carbocycles. The largest absolute Gasteiger partial charge is 0.379 e. The maximum atomic E-state index is 13.0. The van der Waals surface area contributed by atoms with Gasteiger partial charge in [0.05, 0.1) is 13.2 Å². The van der Waals surface area contributed by atoms with E-state index in [1.807, 2.05) is 7.05 Å². The molecule has 0 unspecified atom stereocenters. The summed E-state index contributed by atoms with van der Waals surface area (Å²) in [5.41, 5.74) is 0.129. The molecule has 3 rings (SSSR count). The lowest BCUT2D eigenvalue weighted by Crippen LogP contribution is -2.54. The number of rotatable bonds is 6. The van der Waals surface area contributed by atoms with Crippen LogP contribution in [-0.4, -0.2) is 74.2 Å². The topological polar surface area (TPSA) is 44.8 Å². The van der Waals surface area contributed by atoms with E-state index in [1.165, 1.54) is 44.9 Å². The van der Waals surface area contributed by atoms with Crippen molar-refractivity contribution < 1.29 is 9.53 Å². The zero-order valence-electron chi connectivity index (χ0n) is 16.2. The zero-order valence-corrected chi connectivity index (χ0v) is 17.8. The van der Waals surface area contributed by atoms with Crippen molar-refractivity contribution in [2.75, 3.05) is 53.0 Å². The fourth-order valence-electron chi connectivity index (χ4n) is 4.89. The Hall–Kier alpha value is -0.0700. The van der Waals surface area contributed by atoms with Gasteiger partial charge in [-0.05, 0) is 51.6 Å². The normalized spacial score (nSPS) is 24.0. The summed E-state index contributed by atoms with van der Waals surface area (Å²) >= 11 is 0. The molecule has 2 aliphatic heterocycles. The number of nitrogens with zero attached hydrogens (tertiary/aromatic N) is 2. The van der Waals surface area contributed by atoms with Crippen LogP contribution in [-0.2, 0) is 9.53 Å². The van der Waals surface area contributed by atoms with Crippen LogP contribution < -0.4 is 5.32 Å². The Morgan fingerprint density at radius 1 is 1.08 bits per heavy atom. The number of carbonyl (C=O) groups excluding carboxylic acids is 1. The second-order valence-electron chi connectivity index (χ2n) is 7.92. The third kappa shape index (κ3) is 5.96. The molecule has 1 aliphatic carbocycles. The minimum atomic E-state index is 0. The van der Waals surface area contributed by atoms with Crippen LogP contribution in [0.5, 0.6) is 0 Å². The smallest absolute Gasteiger partial charge is 0.224 e. The molecular weight excluding hydrogens is 373 g/mol. The molecule has 0 atom stereocenters. The van der Waals surface area contributed by atoms with Gasteiger partial charge in [0.25, 0.3) is 0 Å². The highest BCUT2D eigenvalue weighted by molar-refractivity contribution is 5.85. The SMILES string of the molecule is CNCCC1CCN(C(=O)CC2(N3CCOCC3)CCCC2)CC1.Cl.Cl. The molecule has 3 fully saturated rings. The van der Waals surface area contributed by atoms with Crippen LogP contribution in [0.15, 0.2) is 0 Å². The van der Waals surface area contributed by atoms with Crippen molar-refractivity contribution in [1.29, 1.82) is 0 Å². The number of halogens is 2. The molecule has 3 aliphatic rings. The summed E-state index contributed by atoms with van der Waals surface area (Å²) in [6.45, 7) is 6.68. The minimum Gasteiger partial charge on any atom is -0.379 e. The van der Waals surface area contributed by atoms with Crippen LogP contribution in [0.3, 0.4) is 0 Å². The second-order valence-corrected chi connectivity index (χ2v) is 7.92. The van der Waals surface area contributed by atoms with Crippen LogP contribution in [0.2, 0.25) is 0 Å². The molecule has 26 heavy (non-hydrogen) atoms. The fraction of sp³-hybridized carbons (Fsp3) is 0.947. The van der Waals surface area contributed by atoms with E-state index in [9.17, 15) is 4.79 Å². The van der Waals surface area contributed by atoms with Gasteiger partial charge in [0.2, 0.25) is 5.91 Å². The van der Waals surface area contributed by atoms with E-state index < -0.39 is 0 Å². The van der Waals surface area contributed by atoms with Crippen molar-refractivity contribution in [1.82, 2.24) is 15.1 Å². The van der Waals surface area contributed by atoms with Crippen molar-refractivity contribution >= 4 is 30.7 Å². The average molecular weight is 410 g/mol. The van der Waals surface area contributed by atoms with Crippen molar-refractivity contribution in [3.63, 3.8) is 0 Å². The predicted octanol–water partition coefficient (Wildman–Crippen LogP) is 2.71. The first-order valence-electron chi connectivity index (χ1n) is 9.99. The molecule has 0 aromatic heterocycles. The molecule has 0 radical (unpaired) electrons. The number of amides is 1. The van der Waals surface area contributed by atoms with E-state index in [2.05, 4.69) is 15.1 Å². The molecule has 0 spiro atoms. The number of likely N-dealkylation sites (tertiary alicyclic amines) is 1. The predicted molar refractivity (Wildman–Crippen MR) is 111 cm³/mol. The molecule has 5 nitrogen and oxygen atoms in total. The first-order valence-corrected chi connectivity index (χ1v) is 9.99. The van der Waals surface area contributed by atoms with Gasteiger partial charge in [-0.3, -0.25) is 9.69 Å². The summed E-state index contributed by atoms with van der Waals surface area (Å²) in [6.07, 6.45) is 9.27. The molecular formula is C19H37Cl2N3O2. The Kier molecular flexibility index (Phi) is 10.8. The lowest BCUT2D eigenvalue weighted by molar-refractivity contribution is -0.137. The van der Waals surface area contributed by atoms with E-state index in [0.29, 0.717) is 5.91 Å². The van der Waals surface area contributed by atoms with Crippen LogP contribution in [0.25, 0.3) is 0 Å². The molecule has 154 valence electrons. The van der Waals surface area contributed by atoms with E-state index in [-0.39, 0.29) is 30.4 Å². The van der Waals surface area contributed by atoms with Crippen LogP contribution in [0.4, 0.5) is 0 Å². The number of piperidine rings is 1. The Labute approximate surface area is 171 Å². The maximum absolute atomic E-state index is 13.0. The van der Waals surface area contributed by atoms with Crippen molar-refractivity contribution in [3.8, 4) is 0 Å². The molecule has 7 heteroatoms. The Bertz CT molecular complexity index is 406. The summed E-state index contributed by atoms with van der Waals surface area (Å²) in [7, 11) is 2.02. The Balaban J connectivity index is 0.00000169. The summed E-state index contributed by atoms with van der Waals surface area (Å²) in [4.78, 5) is 17.7. The average Bonchev–Trinajstić information content (AvgIpc) is 3.11. The van der Waals surface area contributed by atoms with Crippen LogP contribution in [0.1, 0.15) is 51.4 Å². The van der Waals surface area contributed by atoms with Gasteiger partial charge >= 0.3 is 0 Å². The van der Waals surface area contributed by atoms with Gasteiger partial charge in [-0.1, -0.05) is 12.8 Å². The molecule has 1 amide bonds. The highest BCUT2D eigenvalue weighted by atomic mass is 35.5. The van der Waals surface area contributed by atoms with Gasteiger partial charge in [0.1, 0.15) is 0 Å². The van der Waals surface area contributed by atoms with E-state index in [1.54, 1.807) is 0 Å². The fourth-order valence-corrected chi connectivity index (χ4v) is 4.89. The van der Waals surface area contributed by atoms with Gasteiger partial charge in [-0.15, -0.1) is 24.8 Å². The Morgan fingerprint density at radius 2 is 1.69 bits per heavy atom. The number of hydrogen-bond donors (Lipinski definition) is 1. The van der Waals surface area contributed by atoms with Crippen molar-refractivity contribution in [3.05, 3.63) is 0 Å². The third-order valence-electron chi connectivity index (χ3n) is 6.47. The number of hydrogen-bond acceptors (Lipinski definition) is 4. The molecule has 0 bridgehead atoms. The van der Waals surface area contributed by atoms with Crippen LogP contribution >= 0.6 is 24.8 Å². The molecule has 1 N–H and O–H groups in total. The first-order chi connectivity index (χ1) is 11.7. The summed E-state index contributed by atoms with van der Waals surface area (Å²) < 4.78 is 5.53. The quantitative estimate of drug-likeness (QED) is 0.732. The highest BCUT2D eigenvalue weighted by Gasteiger charge is 2.42. The number of nitrogens with one attached hydrogen (secondary N) is 1. The van der Waals surface area contributed by atoms with Gasteiger partial charge in [0, 0.05) is 38.1 Å². The standard InChI is InChI=1S/C19H35N3O2.2ClH/c1-20-9-4-17-5-10-21(11-6-17)18(23)16-19(7-2-3-8-19)22-12-14-24-15-13-22;;/h17,20H,2-16H2,1H3;2*1H. The zero-order chi connectivity index (χ0) is 16.8. The number of ether oxygens (including phenoxy) is 1. The second kappa shape index (κ2) is 11.7. The molecule has 1 saturated carbocycles. The monoisotopic (exact) mass is 409 g/mol. The lowest BCUT2D eigenvalue weighted by atomic mass is 9.88. The van der Waals surface area contributed by atoms with Crippen LogP contribution in [0, 0.1) is 5.92 Å². The first kappa shape index (κ1) is 24.0. The number of morpholine rings is 1. The third-order valence-corrected chi connectivity index (χ3v) is 6.47. The minimum absolute atomic E-state index is 0. The maximum Gasteiger partial charge on any atom is 0.224 e. The van der Waals surface area contributed by atoms with Crippen molar-refractivity contribution in [2.45, 2.75) is 56.9 Å². The van der Waals surface area contributed by atoms with Gasteiger partial charge in [-0.2, -0.15) is 0 Å². The highest BCUT2D eigenvalue weighted by Crippen LogP contribution is 2.39. The molecule has 2 saturated heterocycles. The van der Waals surface area contributed by atoms with E-state index in [0.717, 1.165) is 58.3 Å². The molecule has 0 aromatic rings. The lowest BCUT2D eigenvalue weighted by Gasteiger charge is -2.44. The van der Waals surface area contributed by atoms with E-state index >= 15 is 0 Å². The van der Waals surface area contributed by atoms with Gasteiger partial charge < -0.3 is 15.0 Å². The van der Waals surface area contributed by atoms with Gasteiger partial charge in [0.15, 0.2) is 0 Å². The van der Waals surface area contributed by atoms with E-state index in [4.69, 9.17) is 4.74 Å². The Morgan fingerprint density at radius 3 is 2.27 bits per heavy atom. The molecule has 2 heterocycles. The summed E-state index contributed by atoms with van der Waals surface area (Å²) in [6, 6.07) is 0. The summed E-state index contributed by atoms with van der Waals surface area (Å²) in [5, 5.41) is 3.24. The van der Waals surface area contributed by atoms with Gasteiger partial charge in [-0.25, -0.2) is 0 Å². The van der Waals surface area contributed by atoms with Crippen molar-refractivity contribution in [2.24, 2.45) is 5.92 Å².